The van der Waals surface area contributed by atoms with Gasteiger partial charge in [0.2, 0.25) is 0 Å². The number of esters is 1. The maximum Gasteiger partial charge on any atom is 0.341 e. The summed E-state index contributed by atoms with van der Waals surface area (Å²) in [5.74, 6) is -0.0602. The summed E-state index contributed by atoms with van der Waals surface area (Å²) >= 11 is 0. The van der Waals surface area contributed by atoms with E-state index >= 15 is 0 Å². The zero-order chi connectivity index (χ0) is 11.0. The quantitative estimate of drug-likeness (QED) is 0.394. The third-order valence-corrected chi connectivity index (χ3v) is 3.43. The number of methoxy groups -OCH3 is 2. The number of carbonyl (C=O) groups excluding carboxylic acids is 1. The van der Waals surface area contributed by atoms with Crippen LogP contribution in [0, 0.1) is 0 Å². The Morgan fingerprint density at radius 2 is 2.00 bits per heavy atom. The molecule has 0 amide bonds. The number of carbonyl (C=O) groups is 1. The Balaban J connectivity index is 0.000000249. The molecule has 1 aliphatic heterocycles. The van der Waals surface area contributed by atoms with E-state index < -0.39 is 0 Å². The van der Waals surface area contributed by atoms with Crippen molar-refractivity contribution in [3.05, 3.63) is 11.8 Å². The second kappa shape index (κ2) is 7.72. The van der Waals surface area contributed by atoms with Gasteiger partial charge in [0.05, 0.1) is 15.1 Å². The van der Waals surface area contributed by atoms with Crippen molar-refractivity contribution in [2.75, 3.05) is 14.2 Å². The van der Waals surface area contributed by atoms with Crippen molar-refractivity contribution in [3.63, 3.8) is 0 Å². The first-order valence-corrected chi connectivity index (χ1v) is 6.40. The second-order valence-corrected chi connectivity index (χ2v) is 5.14. The third kappa shape index (κ3) is 5.16. The molecule has 0 bridgehead atoms. The Morgan fingerprint density at radius 1 is 1.50 bits per heavy atom. The van der Waals surface area contributed by atoms with Gasteiger partial charge in [0.15, 0.2) is 0 Å². The molecule has 14 heavy (non-hydrogen) atoms. The van der Waals surface area contributed by atoms with Gasteiger partial charge in [-0.05, 0) is 6.92 Å². The average Bonchev–Trinajstić information content (AvgIpc) is 2.24. The molecule has 0 radical (unpaired) electrons. The fourth-order valence-corrected chi connectivity index (χ4v) is 1.74. The SMILES string of the molecule is CC1=COC1=O.CC[SiH2]C(OC)OC. The van der Waals surface area contributed by atoms with E-state index in [1.807, 2.05) is 0 Å². The van der Waals surface area contributed by atoms with Gasteiger partial charge in [0.1, 0.15) is 12.2 Å². The molecule has 4 nitrogen and oxygen atoms in total. The normalized spacial score (nSPS) is 14.6. The summed E-state index contributed by atoms with van der Waals surface area (Å²) in [6, 6.07) is 1.24. The molecule has 0 spiro atoms. The second-order valence-electron chi connectivity index (χ2n) is 2.90. The van der Waals surface area contributed by atoms with Crippen molar-refractivity contribution in [1.29, 1.82) is 0 Å². The molecule has 0 aromatic carbocycles. The predicted octanol–water partition coefficient (Wildman–Crippen LogP) is 0.617. The highest BCUT2D eigenvalue weighted by molar-refractivity contribution is 6.36. The lowest BCUT2D eigenvalue weighted by molar-refractivity contribution is -0.138. The van der Waals surface area contributed by atoms with Crippen molar-refractivity contribution < 1.29 is 19.0 Å². The summed E-state index contributed by atoms with van der Waals surface area (Å²) in [5.41, 5.74) is 0.704. The van der Waals surface area contributed by atoms with Crippen LogP contribution in [0.25, 0.3) is 0 Å². The highest BCUT2D eigenvalue weighted by atomic mass is 28.2. The van der Waals surface area contributed by atoms with Crippen molar-refractivity contribution in [2.45, 2.75) is 25.8 Å². The first-order valence-electron chi connectivity index (χ1n) is 4.59. The molecule has 0 fully saturated rings. The average molecular weight is 218 g/mol. The number of hydrogen-bond donors (Lipinski definition) is 0. The van der Waals surface area contributed by atoms with Gasteiger partial charge in [0, 0.05) is 14.2 Å². The first-order chi connectivity index (χ1) is 6.65. The Kier molecular flexibility index (Phi) is 7.36. The molecule has 0 N–H and O–H groups in total. The highest BCUT2D eigenvalue weighted by Crippen LogP contribution is 2.06. The van der Waals surface area contributed by atoms with Gasteiger partial charge < -0.3 is 14.2 Å². The van der Waals surface area contributed by atoms with Crippen LogP contribution in [0.4, 0.5) is 0 Å². The van der Waals surface area contributed by atoms with Crippen LogP contribution < -0.4 is 0 Å². The van der Waals surface area contributed by atoms with Crippen LogP contribution >= 0.6 is 0 Å². The molecule has 0 saturated heterocycles. The molecule has 82 valence electrons. The number of ether oxygens (including phenoxy) is 3. The van der Waals surface area contributed by atoms with E-state index in [0.29, 0.717) is 5.57 Å². The lowest BCUT2D eigenvalue weighted by atomic mass is 10.3. The van der Waals surface area contributed by atoms with E-state index in [0.717, 1.165) is 0 Å². The maximum atomic E-state index is 9.94. The lowest BCUT2D eigenvalue weighted by Crippen LogP contribution is -2.20. The smallest absolute Gasteiger partial charge is 0.341 e. The fraction of sp³-hybridized carbons (Fsp3) is 0.667. The van der Waals surface area contributed by atoms with Crippen molar-refractivity contribution >= 4 is 15.5 Å². The van der Waals surface area contributed by atoms with E-state index in [1.165, 1.54) is 12.3 Å². The summed E-state index contributed by atoms with van der Waals surface area (Å²) in [5, 5.41) is 0. The van der Waals surface area contributed by atoms with Crippen LogP contribution in [0.15, 0.2) is 11.8 Å². The van der Waals surface area contributed by atoms with Gasteiger partial charge >= 0.3 is 5.97 Å². The Bertz CT molecular complexity index is 199. The van der Waals surface area contributed by atoms with Crippen LogP contribution in [0.5, 0.6) is 0 Å². The van der Waals surface area contributed by atoms with E-state index in [4.69, 9.17) is 9.47 Å². The standard InChI is InChI=1S/C5H14O2Si.C4H4O2/c1-4-8-5(6-2)7-3;1-3-2-6-4(3)5/h5H,4,8H2,1-3H3;2H,1H3. The minimum Gasteiger partial charge on any atom is -0.430 e. The molecule has 5 heteroatoms. The van der Waals surface area contributed by atoms with Crippen molar-refractivity contribution in [2.24, 2.45) is 0 Å². The van der Waals surface area contributed by atoms with Gasteiger partial charge in [-0.1, -0.05) is 13.0 Å². The summed E-state index contributed by atoms with van der Waals surface area (Å²) in [6.45, 7) is 3.88. The Morgan fingerprint density at radius 3 is 2.07 bits per heavy atom. The molecular weight excluding hydrogens is 200 g/mol. The predicted molar refractivity (Wildman–Crippen MR) is 56.7 cm³/mol. The molecule has 0 aliphatic carbocycles. The zero-order valence-electron chi connectivity index (χ0n) is 9.20. The lowest BCUT2D eigenvalue weighted by Gasteiger charge is -2.09. The molecule has 0 unspecified atom stereocenters. The van der Waals surface area contributed by atoms with Crippen LogP contribution in [-0.4, -0.2) is 35.6 Å². The highest BCUT2D eigenvalue weighted by Gasteiger charge is 2.12. The van der Waals surface area contributed by atoms with Gasteiger partial charge in [0.25, 0.3) is 0 Å². The molecule has 1 rings (SSSR count). The number of rotatable bonds is 4. The fourth-order valence-electron chi connectivity index (χ4n) is 0.793. The van der Waals surface area contributed by atoms with E-state index in [2.05, 4.69) is 11.7 Å². The summed E-state index contributed by atoms with van der Waals surface area (Å²) in [7, 11) is 3.27. The van der Waals surface area contributed by atoms with Gasteiger partial charge in [-0.2, -0.15) is 0 Å². The third-order valence-electron chi connectivity index (χ3n) is 1.71. The largest absolute Gasteiger partial charge is 0.430 e. The van der Waals surface area contributed by atoms with E-state index in [-0.39, 0.29) is 21.4 Å². The summed E-state index contributed by atoms with van der Waals surface area (Å²) in [6.07, 6.45) is 1.43. The minimum atomic E-state index is -0.199. The zero-order valence-corrected chi connectivity index (χ0v) is 10.6. The van der Waals surface area contributed by atoms with Crippen LogP contribution in [0.2, 0.25) is 6.04 Å². The Hall–Kier alpha value is -0.653. The maximum absolute atomic E-state index is 9.94. The number of cyclic esters (lactones) is 1. The van der Waals surface area contributed by atoms with Crippen LogP contribution in [0.3, 0.4) is 0 Å². The number of hydrogen-bond acceptors (Lipinski definition) is 4. The molecule has 0 aromatic heterocycles. The molecule has 0 saturated carbocycles. The molecule has 1 heterocycles. The van der Waals surface area contributed by atoms with E-state index in [1.54, 1.807) is 21.1 Å². The van der Waals surface area contributed by atoms with E-state index in [9.17, 15) is 4.79 Å². The molecular formula is C9H18O4Si. The van der Waals surface area contributed by atoms with Gasteiger partial charge in [-0.3, -0.25) is 0 Å². The minimum absolute atomic E-state index is 0.109. The topological polar surface area (TPSA) is 44.8 Å². The summed E-state index contributed by atoms with van der Waals surface area (Å²) in [4.78, 5) is 9.94. The summed E-state index contributed by atoms with van der Waals surface area (Å²) < 4.78 is 14.2. The molecule has 0 atom stereocenters. The molecule has 0 aromatic rings. The van der Waals surface area contributed by atoms with Crippen LogP contribution in [0.1, 0.15) is 13.8 Å². The van der Waals surface area contributed by atoms with Crippen molar-refractivity contribution in [1.82, 2.24) is 0 Å². The van der Waals surface area contributed by atoms with Gasteiger partial charge in [-0.15, -0.1) is 0 Å². The van der Waals surface area contributed by atoms with Crippen molar-refractivity contribution in [3.8, 4) is 0 Å². The monoisotopic (exact) mass is 218 g/mol. The van der Waals surface area contributed by atoms with Crippen LogP contribution in [-0.2, 0) is 19.0 Å². The first kappa shape index (κ1) is 13.3. The Labute approximate surface area is 87.0 Å². The van der Waals surface area contributed by atoms with Gasteiger partial charge in [-0.25, -0.2) is 4.79 Å². The molecule has 1 aliphatic rings.